The highest BCUT2D eigenvalue weighted by Crippen LogP contribution is 2.36. The molecule has 0 spiro atoms. The van der Waals surface area contributed by atoms with Crippen molar-refractivity contribution in [1.29, 1.82) is 0 Å². The number of ether oxygens (including phenoxy) is 2. The molecule has 0 radical (unpaired) electrons. The van der Waals surface area contributed by atoms with Gasteiger partial charge in [-0.3, -0.25) is 14.6 Å². The Balaban J connectivity index is 1.61. The van der Waals surface area contributed by atoms with Gasteiger partial charge in [0.15, 0.2) is 23.6 Å². The van der Waals surface area contributed by atoms with Gasteiger partial charge in [-0.15, -0.1) is 0 Å². The van der Waals surface area contributed by atoms with Crippen LogP contribution in [0.25, 0.3) is 0 Å². The van der Waals surface area contributed by atoms with Crippen molar-refractivity contribution in [3.63, 3.8) is 0 Å². The van der Waals surface area contributed by atoms with Crippen LogP contribution in [0.4, 0.5) is 5.69 Å². The molecule has 2 atom stereocenters. The van der Waals surface area contributed by atoms with E-state index in [9.17, 15) is 9.59 Å². The van der Waals surface area contributed by atoms with E-state index < -0.39 is 18.0 Å². The molecule has 2 aliphatic heterocycles. The summed E-state index contributed by atoms with van der Waals surface area (Å²) in [5, 5.41) is 9.73. The quantitative estimate of drug-likeness (QED) is 0.744. The first-order chi connectivity index (χ1) is 13.5. The topological polar surface area (TPSA) is 83.8 Å². The molecular weight excluding hydrogens is 360 g/mol. The predicted octanol–water partition coefficient (Wildman–Crippen LogP) is 2.51. The zero-order chi connectivity index (χ0) is 19.8. The third-order valence-electron chi connectivity index (χ3n) is 4.91. The molecule has 1 fully saturated rings. The second-order valence-corrected chi connectivity index (χ2v) is 6.73. The molecule has 0 N–H and O–H groups in total. The molecule has 8 nitrogen and oxygen atoms in total. The van der Waals surface area contributed by atoms with Crippen LogP contribution >= 0.6 is 0 Å². The fourth-order valence-electron chi connectivity index (χ4n) is 3.57. The minimum Gasteiger partial charge on any atom is -0.493 e. The van der Waals surface area contributed by atoms with E-state index in [1.54, 1.807) is 23.2 Å². The van der Waals surface area contributed by atoms with Gasteiger partial charge in [0.1, 0.15) is 0 Å². The third-order valence-corrected chi connectivity index (χ3v) is 4.91. The smallest absolute Gasteiger partial charge is 0.263 e. The molecule has 0 aromatic heterocycles. The summed E-state index contributed by atoms with van der Waals surface area (Å²) < 4.78 is 10.5. The highest BCUT2D eigenvalue weighted by atomic mass is 16.5. The zero-order valence-corrected chi connectivity index (χ0v) is 15.8. The van der Waals surface area contributed by atoms with Crippen LogP contribution in [-0.4, -0.2) is 43.1 Å². The number of hydrogen-bond donors (Lipinski definition) is 0. The van der Waals surface area contributed by atoms with Gasteiger partial charge in [0.25, 0.3) is 11.8 Å². The number of hydrogen-bond acceptors (Lipinski definition) is 7. The van der Waals surface area contributed by atoms with Crippen LogP contribution in [0.2, 0.25) is 0 Å². The van der Waals surface area contributed by atoms with Crippen LogP contribution in [0.1, 0.15) is 11.1 Å². The van der Waals surface area contributed by atoms with Crippen LogP contribution < -0.4 is 14.4 Å². The van der Waals surface area contributed by atoms with E-state index in [0.29, 0.717) is 23.7 Å². The van der Waals surface area contributed by atoms with Gasteiger partial charge in [-0.1, -0.05) is 35.1 Å². The second kappa shape index (κ2) is 6.95. The predicted molar refractivity (Wildman–Crippen MR) is 101 cm³/mol. The lowest BCUT2D eigenvalue weighted by Gasteiger charge is -2.21. The first-order valence-electron chi connectivity index (χ1n) is 8.86. The van der Waals surface area contributed by atoms with E-state index >= 15 is 0 Å². The number of rotatable bonds is 5. The molecule has 8 heteroatoms. The summed E-state index contributed by atoms with van der Waals surface area (Å²) in [5.74, 6) is 0.222. The molecule has 2 amide bonds. The zero-order valence-electron chi connectivity index (χ0n) is 15.8. The van der Waals surface area contributed by atoms with Gasteiger partial charge in [-0.05, 0) is 24.6 Å². The number of fused-ring (bicyclic) bond motifs is 1. The maximum Gasteiger partial charge on any atom is 0.263 e. The summed E-state index contributed by atoms with van der Waals surface area (Å²) in [5.41, 5.74) is 2.54. The van der Waals surface area contributed by atoms with E-state index in [2.05, 4.69) is 10.3 Å². The maximum atomic E-state index is 13.1. The van der Waals surface area contributed by atoms with Gasteiger partial charge in [0.05, 0.1) is 26.5 Å². The molecule has 28 heavy (non-hydrogen) atoms. The lowest BCUT2D eigenvalue weighted by Crippen LogP contribution is -2.39. The number of nitrogens with zero attached hydrogens (tertiary/aromatic N) is 4. The number of amides is 2. The van der Waals surface area contributed by atoms with Crippen molar-refractivity contribution in [2.75, 3.05) is 19.1 Å². The highest BCUT2D eigenvalue weighted by Gasteiger charge is 2.54. The molecular formula is C20H20N4O4. The highest BCUT2D eigenvalue weighted by molar-refractivity contribution is 6.25. The monoisotopic (exact) mass is 380 g/mol. The molecule has 0 aliphatic carbocycles. The molecule has 2 aliphatic rings. The Bertz CT molecular complexity index is 974. The largest absolute Gasteiger partial charge is 0.493 e. The van der Waals surface area contributed by atoms with Crippen LogP contribution in [0.3, 0.4) is 0 Å². The van der Waals surface area contributed by atoms with E-state index in [-0.39, 0.29) is 5.91 Å². The normalized spacial score (nSPS) is 20.7. The van der Waals surface area contributed by atoms with Crippen LogP contribution in [0, 0.1) is 6.92 Å². The number of methoxy groups -OCH3 is 2. The van der Waals surface area contributed by atoms with Crippen LogP contribution in [0.5, 0.6) is 11.5 Å². The fourth-order valence-corrected chi connectivity index (χ4v) is 3.57. The fraction of sp³-hybridized carbons (Fsp3) is 0.300. The van der Waals surface area contributed by atoms with Gasteiger partial charge >= 0.3 is 0 Å². The van der Waals surface area contributed by atoms with Crippen molar-refractivity contribution in [2.24, 2.45) is 10.3 Å². The molecule has 0 unspecified atom stereocenters. The first kappa shape index (κ1) is 18.0. The van der Waals surface area contributed by atoms with Gasteiger partial charge in [-0.25, -0.2) is 4.90 Å². The SMILES string of the molecule is COc1ccc(N2C(=O)[C@H]3N=NN(Cc4cccc(C)c4)[C@@H]3C2=O)cc1OC. The van der Waals surface area contributed by atoms with E-state index in [1.807, 2.05) is 31.2 Å². The summed E-state index contributed by atoms with van der Waals surface area (Å²) in [4.78, 5) is 27.1. The second-order valence-electron chi connectivity index (χ2n) is 6.73. The van der Waals surface area contributed by atoms with Crippen LogP contribution in [0.15, 0.2) is 52.8 Å². The molecule has 1 saturated heterocycles. The van der Waals surface area contributed by atoms with Crippen molar-refractivity contribution in [1.82, 2.24) is 5.01 Å². The standard InChI is InChI=1S/C20H20N4O4/c1-12-5-4-6-13(9-12)11-23-18-17(21-22-23)19(25)24(20(18)26)14-7-8-15(27-2)16(10-14)28-3/h4-10,17-18H,11H2,1-3H3/t17-,18-/m0/s1. The Labute approximate surface area is 162 Å². The molecule has 2 heterocycles. The average Bonchev–Trinajstić information content (AvgIpc) is 3.21. The number of imide groups is 1. The van der Waals surface area contributed by atoms with Crippen molar-refractivity contribution >= 4 is 17.5 Å². The lowest BCUT2D eigenvalue weighted by molar-refractivity contribution is -0.123. The van der Waals surface area contributed by atoms with Crippen molar-refractivity contribution < 1.29 is 19.1 Å². The molecule has 144 valence electrons. The Kier molecular flexibility index (Phi) is 4.46. The van der Waals surface area contributed by atoms with E-state index in [1.165, 1.54) is 14.2 Å². The first-order valence-corrected chi connectivity index (χ1v) is 8.86. The molecule has 4 rings (SSSR count). The Hall–Kier alpha value is -3.42. The Morgan fingerprint density at radius 2 is 1.79 bits per heavy atom. The molecule has 0 bridgehead atoms. The summed E-state index contributed by atoms with van der Waals surface area (Å²) >= 11 is 0. The van der Waals surface area contributed by atoms with Crippen LogP contribution in [-0.2, 0) is 16.1 Å². The number of aryl methyl sites for hydroxylation is 1. The Morgan fingerprint density at radius 3 is 2.50 bits per heavy atom. The molecule has 0 saturated carbocycles. The summed E-state index contributed by atoms with van der Waals surface area (Å²) in [6, 6.07) is 11.3. The minimum absolute atomic E-state index is 0.347. The summed E-state index contributed by atoms with van der Waals surface area (Å²) in [7, 11) is 3.03. The van der Waals surface area contributed by atoms with Crippen molar-refractivity contribution in [3.05, 3.63) is 53.6 Å². The van der Waals surface area contributed by atoms with Crippen molar-refractivity contribution in [2.45, 2.75) is 25.6 Å². The van der Waals surface area contributed by atoms with Gasteiger partial charge < -0.3 is 9.47 Å². The number of carbonyl (C=O) groups excluding carboxylic acids is 2. The summed E-state index contributed by atoms with van der Waals surface area (Å²) in [6.45, 7) is 2.41. The lowest BCUT2D eigenvalue weighted by atomic mass is 10.1. The van der Waals surface area contributed by atoms with Gasteiger partial charge in [0.2, 0.25) is 0 Å². The molecule has 2 aromatic carbocycles. The number of benzene rings is 2. The third kappa shape index (κ3) is 2.87. The van der Waals surface area contributed by atoms with Crippen molar-refractivity contribution in [3.8, 4) is 11.5 Å². The van der Waals surface area contributed by atoms with Gasteiger partial charge in [0, 0.05) is 6.07 Å². The molecule has 2 aromatic rings. The van der Waals surface area contributed by atoms with E-state index in [4.69, 9.17) is 9.47 Å². The minimum atomic E-state index is -0.828. The number of carbonyl (C=O) groups is 2. The average molecular weight is 380 g/mol. The Morgan fingerprint density at radius 1 is 1.00 bits per heavy atom. The maximum absolute atomic E-state index is 13.1. The van der Waals surface area contributed by atoms with Gasteiger partial charge in [-0.2, -0.15) is 5.11 Å². The van der Waals surface area contributed by atoms with E-state index in [0.717, 1.165) is 16.0 Å². The summed E-state index contributed by atoms with van der Waals surface area (Å²) in [6.07, 6.45) is 0. The number of anilines is 1.